The SMILES string of the molecule is Cc1ncc(Br)c(=O)n1Cc1ncon1. The Kier molecular flexibility index (Phi) is 2.63. The first-order valence-electron chi connectivity index (χ1n) is 4.15. The summed E-state index contributed by atoms with van der Waals surface area (Å²) in [5, 5.41) is 3.63. The minimum absolute atomic E-state index is 0.160. The highest BCUT2D eigenvalue weighted by Gasteiger charge is 2.08. The first kappa shape index (κ1) is 10.0. The van der Waals surface area contributed by atoms with E-state index in [2.05, 4.69) is 35.6 Å². The molecule has 0 amide bonds. The summed E-state index contributed by atoms with van der Waals surface area (Å²) >= 11 is 3.12. The fraction of sp³-hybridized carbons (Fsp3) is 0.250. The molecule has 0 aliphatic rings. The molecule has 0 saturated carbocycles. The van der Waals surface area contributed by atoms with Crippen molar-refractivity contribution in [2.45, 2.75) is 13.5 Å². The first-order valence-corrected chi connectivity index (χ1v) is 4.95. The Labute approximate surface area is 93.1 Å². The molecule has 0 atom stereocenters. The predicted octanol–water partition coefficient (Wildman–Crippen LogP) is 0.746. The zero-order valence-corrected chi connectivity index (χ0v) is 9.43. The van der Waals surface area contributed by atoms with E-state index in [0.29, 0.717) is 16.1 Å². The maximum atomic E-state index is 11.7. The van der Waals surface area contributed by atoms with Crippen LogP contribution in [0.5, 0.6) is 0 Å². The smallest absolute Gasteiger partial charge is 0.268 e. The Morgan fingerprint density at radius 3 is 3.00 bits per heavy atom. The number of halogens is 1. The molecule has 0 N–H and O–H groups in total. The summed E-state index contributed by atoms with van der Waals surface area (Å²) in [7, 11) is 0. The van der Waals surface area contributed by atoms with Crippen molar-refractivity contribution in [3.8, 4) is 0 Å². The third-order valence-electron chi connectivity index (χ3n) is 1.91. The van der Waals surface area contributed by atoms with Gasteiger partial charge in [0.2, 0.25) is 6.39 Å². The lowest BCUT2D eigenvalue weighted by Crippen LogP contribution is -2.24. The molecule has 0 aromatic carbocycles. The highest BCUT2D eigenvalue weighted by Crippen LogP contribution is 2.02. The van der Waals surface area contributed by atoms with Gasteiger partial charge in [0, 0.05) is 6.20 Å². The Bertz CT molecular complexity index is 520. The van der Waals surface area contributed by atoms with Gasteiger partial charge in [0.25, 0.3) is 5.56 Å². The van der Waals surface area contributed by atoms with Gasteiger partial charge in [-0.3, -0.25) is 9.36 Å². The molecule has 15 heavy (non-hydrogen) atoms. The summed E-state index contributed by atoms with van der Waals surface area (Å²) in [6.07, 6.45) is 2.70. The maximum absolute atomic E-state index is 11.7. The fourth-order valence-corrected chi connectivity index (χ4v) is 1.46. The Balaban J connectivity index is 2.44. The molecule has 7 heteroatoms. The van der Waals surface area contributed by atoms with Crippen molar-refractivity contribution in [3.63, 3.8) is 0 Å². The lowest BCUT2D eigenvalue weighted by Gasteiger charge is -2.05. The van der Waals surface area contributed by atoms with Gasteiger partial charge in [-0.15, -0.1) is 0 Å². The summed E-state index contributed by atoms with van der Waals surface area (Å²) in [6.45, 7) is 2.00. The summed E-state index contributed by atoms with van der Waals surface area (Å²) < 4.78 is 6.47. The van der Waals surface area contributed by atoms with Crippen LogP contribution in [0.2, 0.25) is 0 Å². The van der Waals surface area contributed by atoms with Gasteiger partial charge in [-0.05, 0) is 22.9 Å². The second kappa shape index (κ2) is 3.93. The number of rotatable bonds is 2. The van der Waals surface area contributed by atoms with E-state index in [4.69, 9.17) is 0 Å². The van der Waals surface area contributed by atoms with Crippen LogP contribution in [0.3, 0.4) is 0 Å². The Hall–Kier alpha value is -1.50. The lowest BCUT2D eigenvalue weighted by atomic mass is 10.5. The molecule has 0 unspecified atom stereocenters. The second-order valence-corrected chi connectivity index (χ2v) is 3.75. The van der Waals surface area contributed by atoms with Gasteiger partial charge in [0.05, 0.1) is 6.54 Å². The molecule has 0 bridgehead atoms. The first-order chi connectivity index (χ1) is 7.18. The van der Waals surface area contributed by atoms with Crippen LogP contribution in [0.25, 0.3) is 0 Å². The third-order valence-corrected chi connectivity index (χ3v) is 2.46. The molecule has 0 spiro atoms. The summed E-state index contributed by atoms with van der Waals surface area (Å²) in [4.78, 5) is 19.6. The average molecular weight is 271 g/mol. The summed E-state index contributed by atoms with van der Waals surface area (Å²) in [5.74, 6) is 1.05. The zero-order valence-electron chi connectivity index (χ0n) is 7.85. The quantitative estimate of drug-likeness (QED) is 0.805. The van der Waals surface area contributed by atoms with Crippen LogP contribution in [0.1, 0.15) is 11.6 Å². The molecule has 6 nitrogen and oxygen atoms in total. The normalized spacial score (nSPS) is 10.5. The number of aromatic nitrogens is 4. The molecular formula is C8H7BrN4O2. The van der Waals surface area contributed by atoms with Gasteiger partial charge in [-0.25, -0.2) is 4.98 Å². The van der Waals surface area contributed by atoms with Gasteiger partial charge in [0.15, 0.2) is 5.82 Å². The van der Waals surface area contributed by atoms with Crippen LogP contribution in [-0.4, -0.2) is 19.7 Å². The molecule has 78 valence electrons. The minimum Gasteiger partial charge on any atom is -0.343 e. The van der Waals surface area contributed by atoms with Crippen molar-refractivity contribution in [2.24, 2.45) is 0 Å². The van der Waals surface area contributed by atoms with E-state index in [1.54, 1.807) is 6.92 Å². The van der Waals surface area contributed by atoms with Gasteiger partial charge < -0.3 is 4.52 Å². The Morgan fingerprint density at radius 1 is 1.53 bits per heavy atom. The van der Waals surface area contributed by atoms with E-state index in [0.717, 1.165) is 0 Å². The van der Waals surface area contributed by atoms with Crippen molar-refractivity contribution in [1.29, 1.82) is 0 Å². The molecule has 0 fully saturated rings. The van der Waals surface area contributed by atoms with Gasteiger partial charge >= 0.3 is 0 Å². The topological polar surface area (TPSA) is 73.8 Å². The molecule has 2 rings (SSSR count). The molecule has 0 aliphatic heterocycles. The average Bonchev–Trinajstić information content (AvgIpc) is 2.71. The standard InChI is InChI=1S/C8H7BrN4O2/c1-5-10-2-6(9)8(14)13(5)3-7-11-4-15-12-7/h2,4H,3H2,1H3. The van der Waals surface area contributed by atoms with Crippen LogP contribution in [-0.2, 0) is 6.54 Å². The zero-order chi connectivity index (χ0) is 10.8. The number of aryl methyl sites for hydroxylation is 1. The van der Waals surface area contributed by atoms with Crippen LogP contribution >= 0.6 is 15.9 Å². The monoisotopic (exact) mass is 270 g/mol. The van der Waals surface area contributed by atoms with E-state index in [1.807, 2.05) is 0 Å². The fourth-order valence-electron chi connectivity index (χ4n) is 1.14. The van der Waals surface area contributed by atoms with E-state index in [1.165, 1.54) is 17.2 Å². The summed E-state index contributed by atoms with van der Waals surface area (Å²) in [5.41, 5.74) is -0.160. The van der Waals surface area contributed by atoms with Crippen molar-refractivity contribution >= 4 is 15.9 Å². The van der Waals surface area contributed by atoms with Crippen molar-refractivity contribution in [3.05, 3.63) is 39.1 Å². The largest absolute Gasteiger partial charge is 0.343 e. The highest BCUT2D eigenvalue weighted by molar-refractivity contribution is 9.10. The van der Waals surface area contributed by atoms with Crippen LogP contribution in [0, 0.1) is 6.92 Å². The molecule has 2 aromatic rings. The number of nitrogens with zero attached hydrogens (tertiary/aromatic N) is 4. The van der Waals surface area contributed by atoms with Crippen LogP contribution < -0.4 is 5.56 Å². The second-order valence-electron chi connectivity index (χ2n) is 2.89. The third kappa shape index (κ3) is 1.96. The summed E-state index contributed by atoms with van der Waals surface area (Å²) in [6, 6.07) is 0. The van der Waals surface area contributed by atoms with Crippen LogP contribution in [0.4, 0.5) is 0 Å². The Morgan fingerprint density at radius 2 is 2.33 bits per heavy atom. The molecule has 2 heterocycles. The van der Waals surface area contributed by atoms with E-state index >= 15 is 0 Å². The molecule has 0 saturated heterocycles. The van der Waals surface area contributed by atoms with E-state index < -0.39 is 0 Å². The minimum atomic E-state index is -0.160. The van der Waals surface area contributed by atoms with Crippen molar-refractivity contribution in [2.75, 3.05) is 0 Å². The van der Waals surface area contributed by atoms with Crippen molar-refractivity contribution < 1.29 is 4.52 Å². The van der Waals surface area contributed by atoms with E-state index in [9.17, 15) is 4.79 Å². The van der Waals surface area contributed by atoms with Crippen molar-refractivity contribution in [1.82, 2.24) is 19.7 Å². The van der Waals surface area contributed by atoms with Gasteiger partial charge in [-0.2, -0.15) is 4.98 Å². The molecular weight excluding hydrogens is 264 g/mol. The molecule has 0 radical (unpaired) electrons. The molecule has 2 aromatic heterocycles. The predicted molar refractivity (Wildman–Crippen MR) is 54.3 cm³/mol. The highest BCUT2D eigenvalue weighted by atomic mass is 79.9. The van der Waals surface area contributed by atoms with Crippen LogP contribution in [0.15, 0.2) is 26.4 Å². The van der Waals surface area contributed by atoms with E-state index in [-0.39, 0.29) is 12.1 Å². The maximum Gasteiger partial charge on any atom is 0.268 e. The molecule has 0 aliphatic carbocycles. The number of hydrogen-bond donors (Lipinski definition) is 0. The lowest BCUT2D eigenvalue weighted by molar-refractivity contribution is 0.407. The van der Waals surface area contributed by atoms with Gasteiger partial charge in [-0.1, -0.05) is 5.16 Å². The number of hydrogen-bond acceptors (Lipinski definition) is 5. The van der Waals surface area contributed by atoms with Gasteiger partial charge in [0.1, 0.15) is 10.3 Å².